The summed E-state index contributed by atoms with van der Waals surface area (Å²) in [7, 11) is 0. The number of nitrogen functional groups attached to an aromatic ring is 1. The molecule has 10 heteroatoms. The summed E-state index contributed by atoms with van der Waals surface area (Å²) in [6, 6.07) is 4.22. The molecule has 1 aromatic heterocycles. The van der Waals surface area contributed by atoms with Crippen molar-refractivity contribution in [3.05, 3.63) is 41.0 Å². The lowest BCUT2D eigenvalue weighted by Gasteiger charge is -2.14. The van der Waals surface area contributed by atoms with Crippen LogP contribution in [-0.2, 0) is 6.18 Å². The zero-order chi connectivity index (χ0) is 20.4. The Hall–Kier alpha value is -2.75. The summed E-state index contributed by atoms with van der Waals surface area (Å²) >= 11 is 0. The van der Waals surface area contributed by atoms with E-state index in [1.807, 2.05) is 0 Å². The first-order chi connectivity index (χ1) is 12.4. The van der Waals surface area contributed by atoms with Gasteiger partial charge in [0.15, 0.2) is 0 Å². The highest BCUT2D eigenvalue weighted by Crippen LogP contribution is 2.38. The van der Waals surface area contributed by atoms with Crippen LogP contribution in [0.3, 0.4) is 0 Å². The Morgan fingerprint density at radius 2 is 1.85 bits per heavy atom. The van der Waals surface area contributed by atoms with E-state index in [0.29, 0.717) is 6.07 Å². The third-order valence-electron chi connectivity index (χ3n) is 3.64. The fraction of sp³-hybridized carbons (Fsp3) is 0.294. The van der Waals surface area contributed by atoms with E-state index in [1.54, 1.807) is 0 Å². The molecule has 0 unspecified atom stereocenters. The van der Waals surface area contributed by atoms with Gasteiger partial charge in [0.1, 0.15) is 24.7 Å². The first-order valence-corrected chi connectivity index (χ1v) is 7.61. The van der Waals surface area contributed by atoms with Gasteiger partial charge in [-0.15, -0.1) is 0 Å². The van der Waals surface area contributed by atoms with E-state index in [4.69, 9.17) is 10.8 Å². The van der Waals surface area contributed by atoms with E-state index in [1.165, 1.54) is 19.1 Å². The molecule has 2 aromatic rings. The zero-order valence-electron chi connectivity index (χ0n) is 14.1. The van der Waals surface area contributed by atoms with E-state index < -0.39 is 36.6 Å². The molecule has 0 spiro atoms. The number of anilines is 1. The number of nitrogens with two attached hydrogens (primary N) is 1. The largest absolute Gasteiger partial charge is 0.507 e. The van der Waals surface area contributed by atoms with Crippen molar-refractivity contribution in [1.29, 1.82) is 0 Å². The number of aromatic nitrogens is 1. The minimum Gasteiger partial charge on any atom is -0.507 e. The van der Waals surface area contributed by atoms with Gasteiger partial charge >= 0.3 is 6.18 Å². The number of hydrogen-bond donors (Lipinski definition) is 3. The molecule has 0 radical (unpaired) electrons. The number of alkyl halides is 5. The Morgan fingerprint density at radius 1 is 1.19 bits per heavy atom. The third kappa shape index (κ3) is 4.91. The highest BCUT2D eigenvalue weighted by Gasteiger charge is 2.32. The van der Waals surface area contributed by atoms with E-state index in [9.17, 15) is 27.1 Å². The number of aliphatic hydroxyl groups excluding tert-OH is 1. The van der Waals surface area contributed by atoms with Gasteiger partial charge in [-0.2, -0.15) is 13.2 Å². The number of phenols is 1. The molecule has 0 fully saturated rings. The van der Waals surface area contributed by atoms with Gasteiger partial charge in [0.05, 0.1) is 11.3 Å². The SMILES string of the molecule is Cc1cc(C(F)(F)F)cc(O)c1-c1ccc(C=NCC(F)(F)CO)c(N)n1. The third-order valence-corrected chi connectivity index (χ3v) is 3.64. The second kappa shape index (κ2) is 7.47. The summed E-state index contributed by atoms with van der Waals surface area (Å²) in [5, 5.41) is 18.5. The Kier molecular flexibility index (Phi) is 5.69. The number of aromatic hydroxyl groups is 1. The molecule has 2 rings (SSSR count). The van der Waals surface area contributed by atoms with Crippen molar-refractivity contribution in [3.8, 4) is 17.0 Å². The smallest absolute Gasteiger partial charge is 0.416 e. The summed E-state index contributed by atoms with van der Waals surface area (Å²) in [6.07, 6.45) is -3.56. The highest BCUT2D eigenvalue weighted by molar-refractivity contribution is 5.87. The molecule has 0 atom stereocenters. The van der Waals surface area contributed by atoms with Gasteiger partial charge < -0.3 is 15.9 Å². The molecular formula is C17H16F5N3O2. The van der Waals surface area contributed by atoms with E-state index in [-0.39, 0.29) is 28.2 Å². The second-order valence-electron chi connectivity index (χ2n) is 5.84. The van der Waals surface area contributed by atoms with E-state index in [0.717, 1.165) is 12.3 Å². The second-order valence-corrected chi connectivity index (χ2v) is 5.84. The molecule has 5 nitrogen and oxygen atoms in total. The molecule has 1 aromatic carbocycles. The van der Waals surface area contributed by atoms with Gasteiger partial charge in [-0.25, -0.2) is 13.8 Å². The number of hydrogen-bond acceptors (Lipinski definition) is 5. The maximum Gasteiger partial charge on any atom is 0.416 e. The lowest BCUT2D eigenvalue weighted by atomic mass is 10.00. The van der Waals surface area contributed by atoms with Crippen molar-refractivity contribution in [2.24, 2.45) is 4.99 Å². The van der Waals surface area contributed by atoms with Crippen LogP contribution in [0.2, 0.25) is 0 Å². The number of benzene rings is 1. The maximum atomic E-state index is 12.9. The highest BCUT2D eigenvalue weighted by atomic mass is 19.4. The molecule has 1 heterocycles. The molecule has 27 heavy (non-hydrogen) atoms. The topological polar surface area (TPSA) is 91.7 Å². The maximum absolute atomic E-state index is 12.9. The van der Waals surface area contributed by atoms with Crippen LogP contribution in [0, 0.1) is 6.92 Å². The molecule has 0 aliphatic heterocycles. The van der Waals surface area contributed by atoms with Gasteiger partial charge in [0.2, 0.25) is 0 Å². The average Bonchev–Trinajstić information content (AvgIpc) is 2.55. The number of pyridine rings is 1. The number of phenolic OH excluding ortho intramolecular Hbond substituents is 1. The van der Waals surface area contributed by atoms with Crippen molar-refractivity contribution in [2.75, 3.05) is 18.9 Å². The lowest BCUT2D eigenvalue weighted by Crippen LogP contribution is -2.25. The predicted octanol–water partition coefficient (Wildman–Crippen LogP) is 3.41. The molecule has 0 saturated heterocycles. The normalized spacial score (nSPS) is 12.7. The first-order valence-electron chi connectivity index (χ1n) is 7.61. The number of halogens is 5. The van der Waals surface area contributed by atoms with Gasteiger partial charge in [-0.3, -0.25) is 4.99 Å². The molecule has 0 amide bonds. The number of rotatable bonds is 5. The van der Waals surface area contributed by atoms with Crippen molar-refractivity contribution in [1.82, 2.24) is 4.98 Å². The minimum absolute atomic E-state index is 0.0741. The van der Waals surface area contributed by atoms with Crippen LogP contribution in [0.25, 0.3) is 11.3 Å². The molecule has 4 N–H and O–H groups in total. The predicted molar refractivity (Wildman–Crippen MR) is 90.0 cm³/mol. The number of aryl methyl sites for hydroxylation is 1. The van der Waals surface area contributed by atoms with Crippen LogP contribution < -0.4 is 5.73 Å². The monoisotopic (exact) mass is 389 g/mol. The number of aliphatic hydroxyl groups is 1. The van der Waals surface area contributed by atoms with Crippen LogP contribution in [-0.4, -0.2) is 40.5 Å². The van der Waals surface area contributed by atoms with E-state index >= 15 is 0 Å². The first kappa shape index (κ1) is 20.6. The summed E-state index contributed by atoms with van der Waals surface area (Å²) in [5.74, 6) is -4.08. The van der Waals surface area contributed by atoms with Crippen LogP contribution in [0.1, 0.15) is 16.7 Å². The summed E-state index contributed by atoms with van der Waals surface area (Å²) in [4.78, 5) is 7.49. The Balaban J connectivity index is 2.34. The summed E-state index contributed by atoms with van der Waals surface area (Å²) < 4.78 is 64.2. The molecule has 0 saturated carbocycles. The Labute approximate surface area is 151 Å². The van der Waals surface area contributed by atoms with Crippen LogP contribution >= 0.6 is 0 Å². The molecule has 146 valence electrons. The van der Waals surface area contributed by atoms with Crippen LogP contribution in [0.4, 0.5) is 27.8 Å². The standard InChI is InChI=1S/C17H16F5N3O2/c1-9-4-11(17(20,21)22)5-13(27)14(9)12-3-2-10(15(23)25-12)6-24-7-16(18,19)8-26/h2-6,26-27H,7-8H2,1H3,(H2,23,25). The molecule has 0 aliphatic rings. The summed E-state index contributed by atoms with van der Waals surface area (Å²) in [5.41, 5.74) is 5.28. The Morgan fingerprint density at radius 3 is 2.37 bits per heavy atom. The number of nitrogens with zero attached hydrogens (tertiary/aromatic N) is 2. The van der Waals surface area contributed by atoms with Crippen molar-refractivity contribution in [2.45, 2.75) is 19.0 Å². The fourth-order valence-electron chi connectivity index (χ4n) is 2.33. The zero-order valence-corrected chi connectivity index (χ0v) is 14.1. The van der Waals surface area contributed by atoms with Crippen molar-refractivity contribution in [3.63, 3.8) is 0 Å². The van der Waals surface area contributed by atoms with Gasteiger partial charge in [-0.05, 0) is 36.8 Å². The van der Waals surface area contributed by atoms with Gasteiger partial charge in [0.25, 0.3) is 5.92 Å². The molecule has 0 bridgehead atoms. The number of aliphatic imine (C=N–C) groups is 1. The van der Waals surface area contributed by atoms with Gasteiger partial charge in [0, 0.05) is 17.3 Å². The lowest BCUT2D eigenvalue weighted by molar-refractivity contribution is -0.137. The average molecular weight is 389 g/mol. The fourth-order valence-corrected chi connectivity index (χ4v) is 2.33. The quantitative estimate of drug-likeness (QED) is 0.540. The molecular weight excluding hydrogens is 373 g/mol. The summed E-state index contributed by atoms with van der Waals surface area (Å²) in [6.45, 7) is -0.901. The van der Waals surface area contributed by atoms with Crippen molar-refractivity contribution < 1.29 is 32.2 Å². The van der Waals surface area contributed by atoms with Gasteiger partial charge in [-0.1, -0.05) is 0 Å². The van der Waals surface area contributed by atoms with E-state index in [2.05, 4.69) is 9.98 Å². The van der Waals surface area contributed by atoms with Crippen LogP contribution in [0.5, 0.6) is 5.75 Å². The Bertz CT molecular complexity index is 843. The van der Waals surface area contributed by atoms with Crippen LogP contribution in [0.15, 0.2) is 29.3 Å². The minimum atomic E-state index is -4.61. The van der Waals surface area contributed by atoms with Crippen molar-refractivity contribution >= 4 is 12.0 Å². The molecule has 0 aliphatic carbocycles.